The number of hydrogen-bond acceptors (Lipinski definition) is 5. The number of benzene rings is 1. The van der Waals surface area contributed by atoms with Crippen LogP contribution in [0, 0.1) is 0 Å². The second-order valence-corrected chi connectivity index (χ2v) is 6.05. The molecule has 2 rings (SSSR count). The summed E-state index contributed by atoms with van der Waals surface area (Å²) in [5, 5.41) is 2.54. The van der Waals surface area contributed by atoms with Gasteiger partial charge in [0.15, 0.2) is 5.69 Å². The summed E-state index contributed by atoms with van der Waals surface area (Å²) in [5.74, 6) is 0.495. The molecule has 4 nitrogen and oxygen atoms in total. The van der Waals surface area contributed by atoms with Gasteiger partial charge in [-0.2, -0.15) is 0 Å². The Balaban J connectivity index is 1.90. The highest BCUT2D eigenvalue weighted by atomic mass is 32.1. The summed E-state index contributed by atoms with van der Waals surface area (Å²) in [6.45, 7) is 5.09. The fourth-order valence-corrected chi connectivity index (χ4v) is 2.91. The quantitative estimate of drug-likeness (QED) is 0.481. The van der Waals surface area contributed by atoms with Gasteiger partial charge in [-0.1, -0.05) is 26.2 Å². The third-order valence-electron chi connectivity index (χ3n) is 3.36. The number of thiazole rings is 1. The smallest absolute Gasteiger partial charge is 0.357 e. The Morgan fingerprint density at radius 3 is 2.61 bits per heavy atom. The summed E-state index contributed by atoms with van der Waals surface area (Å²) < 4.78 is 10.7. The van der Waals surface area contributed by atoms with Crippen LogP contribution in [0.25, 0.3) is 10.6 Å². The van der Waals surface area contributed by atoms with Gasteiger partial charge in [0.2, 0.25) is 0 Å². The van der Waals surface area contributed by atoms with E-state index >= 15 is 0 Å². The Labute approximate surface area is 141 Å². The van der Waals surface area contributed by atoms with Gasteiger partial charge in [0, 0.05) is 10.9 Å². The van der Waals surface area contributed by atoms with Gasteiger partial charge in [0.25, 0.3) is 0 Å². The van der Waals surface area contributed by atoms with E-state index in [9.17, 15) is 4.79 Å². The minimum atomic E-state index is -0.373. The highest BCUT2D eigenvalue weighted by Crippen LogP contribution is 2.26. The molecule has 0 radical (unpaired) electrons. The largest absolute Gasteiger partial charge is 0.494 e. The Morgan fingerprint density at radius 1 is 1.13 bits per heavy atom. The Kier molecular flexibility index (Phi) is 7.07. The molecule has 1 heterocycles. The van der Waals surface area contributed by atoms with Crippen molar-refractivity contribution in [1.82, 2.24) is 4.98 Å². The van der Waals surface area contributed by atoms with Crippen LogP contribution in [0.15, 0.2) is 29.6 Å². The molecule has 0 unspecified atom stereocenters. The van der Waals surface area contributed by atoms with E-state index in [2.05, 4.69) is 11.9 Å². The number of aromatic nitrogens is 1. The van der Waals surface area contributed by atoms with E-state index in [1.54, 1.807) is 12.3 Å². The molecule has 23 heavy (non-hydrogen) atoms. The molecule has 5 heteroatoms. The predicted octanol–water partition coefficient (Wildman–Crippen LogP) is 4.95. The Hall–Kier alpha value is -1.88. The lowest BCUT2D eigenvalue weighted by atomic mass is 10.2. The monoisotopic (exact) mass is 333 g/mol. The maximum Gasteiger partial charge on any atom is 0.357 e. The third kappa shape index (κ3) is 5.36. The summed E-state index contributed by atoms with van der Waals surface area (Å²) in [4.78, 5) is 16.0. The van der Waals surface area contributed by atoms with E-state index in [-0.39, 0.29) is 5.97 Å². The number of hydrogen-bond donors (Lipinski definition) is 0. The van der Waals surface area contributed by atoms with Crippen molar-refractivity contribution in [2.24, 2.45) is 0 Å². The molecule has 0 atom stereocenters. The van der Waals surface area contributed by atoms with Crippen molar-refractivity contribution in [3.05, 3.63) is 35.3 Å². The van der Waals surface area contributed by atoms with Crippen molar-refractivity contribution in [2.45, 2.75) is 39.5 Å². The van der Waals surface area contributed by atoms with Gasteiger partial charge in [0.1, 0.15) is 10.8 Å². The number of carbonyl (C=O) groups is 1. The molecule has 0 saturated carbocycles. The topological polar surface area (TPSA) is 48.4 Å². The van der Waals surface area contributed by atoms with Gasteiger partial charge < -0.3 is 9.47 Å². The van der Waals surface area contributed by atoms with E-state index in [4.69, 9.17) is 9.47 Å². The summed E-state index contributed by atoms with van der Waals surface area (Å²) in [5.41, 5.74) is 1.34. The van der Waals surface area contributed by atoms with Crippen molar-refractivity contribution in [2.75, 3.05) is 13.2 Å². The lowest BCUT2D eigenvalue weighted by Gasteiger charge is -2.06. The van der Waals surface area contributed by atoms with Gasteiger partial charge in [0.05, 0.1) is 13.2 Å². The van der Waals surface area contributed by atoms with Crippen molar-refractivity contribution in [1.29, 1.82) is 0 Å². The van der Waals surface area contributed by atoms with Crippen LogP contribution in [0.1, 0.15) is 50.0 Å². The highest BCUT2D eigenvalue weighted by Gasteiger charge is 2.12. The van der Waals surface area contributed by atoms with Gasteiger partial charge in [-0.3, -0.25) is 0 Å². The van der Waals surface area contributed by atoms with Crippen molar-refractivity contribution < 1.29 is 14.3 Å². The normalized spacial score (nSPS) is 10.5. The molecule has 1 aromatic carbocycles. The zero-order valence-electron chi connectivity index (χ0n) is 13.7. The fourth-order valence-electron chi connectivity index (χ4n) is 2.12. The maximum atomic E-state index is 11.6. The summed E-state index contributed by atoms with van der Waals surface area (Å²) >= 11 is 1.44. The molecule has 124 valence electrons. The lowest BCUT2D eigenvalue weighted by molar-refractivity contribution is 0.0520. The molecule has 2 aromatic rings. The molecular weight excluding hydrogens is 310 g/mol. The van der Waals surface area contributed by atoms with Crippen LogP contribution in [0.2, 0.25) is 0 Å². The van der Waals surface area contributed by atoms with Gasteiger partial charge in [-0.05, 0) is 37.6 Å². The first-order valence-electron chi connectivity index (χ1n) is 8.10. The molecule has 0 aliphatic carbocycles. The van der Waals surface area contributed by atoms with E-state index in [0.29, 0.717) is 12.3 Å². The summed E-state index contributed by atoms with van der Waals surface area (Å²) in [6, 6.07) is 7.82. The Bertz CT molecular complexity index is 607. The second-order valence-electron chi connectivity index (χ2n) is 5.19. The summed E-state index contributed by atoms with van der Waals surface area (Å²) in [6.07, 6.45) is 4.79. The highest BCUT2D eigenvalue weighted by molar-refractivity contribution is 7.13. The van der Waals surface area contributed by atoms with Gasteiger partial charge in [-0.25, -0.2) is 9.78 Å². The van der Waals surface area contributed by atoms with Crippen LogP contribution >= 0.6 is 11.3 Å². The summed E-state index contributed by atoms with van der Waals surface area (Å²) in [7, 11) is 0. The number of nitrogens with zero attached hydrogens (tertiary/aromatic N) is 1. The van der Waals surface area contributed by atoms with Crippen LogP contribution in [0.4, 0.5) is 0 Å². The molecule has 1 aromatic heterocycles. The number of esters is 1. The molecule has 0 N–H and O–H groups in total. The second kappa shape index (κ2) is 9.30. The third-order valence-corrected chi connectivity index (χ3v) is 4.25. The minimum absolute atomic E-state index is 0.357. The predicted molar refractivity (Wildman–Crippen MR) is 93.1 cm³/mol. The van der Waals surface area contributed by atoms with Crippen molar-refractivity contribution >= 4 is 17.3 Å². The average molecular weight is 333 g/mol. The molecule has 0 amide bonds. The molecule has 0 bridgehead atoms. The molecule has 0 saturated heterocycles. The van der Waals surface area contributed by atoms with E-state index < -0.39 is 0 Å². The first-order valence-corrected chi connectivity index (χ1v) is 8.98. The first-order chi connectivity index (χ1) is 11.2. The van der Waals surface area contributed by atoms with E-state index in [1.807, 2.05) is 24.3 Å². The van der Waals surface area contributed by atoms with Crippen LogP contribution in [0.3, 0.4) is 0 Å². The fraction of sp³-hybridized carbons (Fsp3) is 0.444. The number of carbonyl (C=O) groups excluding carboxylic acids is 1. The van der Waals surface area contributed by atoms with Crippen LogP contribution < -0.4 is 4.74 Å². The zero-order chi connectivity index (χ0) is 16.5. The van der Waals surface area contributed by atoms with Crippen LogP contribution in [-0.2, 0) is 4.74 Å². The van der Waals surface area contributed by atoms with Crippen LogP contribution in [0.5, 0.6) is 5.75 Å². The number of ether oxygens (including phenoxy) is 2. The molecule has 0 aliphatic heterocycles. The van der Waals surface area contributed by atoms with E-state index in [0.717, 1.165) is 29.3 Å². The van der Waals surface area contributed by atoms with Crippen LogP contribution in [-0.4, -0.2) is 24.2 Å². The SMILES string of the molecule is CCCCCCOc1ccc(-c2nc(C(=O)OCC)cs2)cc1. The van der Waals surface area contributed by atoms with Gasteiger partial charge in [-0.15, -0.1) is 11.3 Å². The minimum Gasteiger partial charge on any atom is -0.494 e. The maximum absolute atomic E-state index is 11.6. The molecule has 0 spiro atoms. The van der Waals surface area contributed by atoms with Crippen molar-refractivity contribution in [3.63, 3.8) is 0 Å². The van der Waals surface area contributed by atoms with E-state index in [1.165, 1.54) is 30.6 Å². The Morgan fingerprint density at radius 2 is 1.91 bits per heavy atom. The molecule has 0 aliphatic rings. The number of rotatable bonds is 9. The molecular formula is C18H23NO3S. The number of unbranched alkanes of at least 4 members (excludes halogenated alkanes) is 3. The standard InChI is InChI=1S/C18H23NO3S/c1-3-5-6-7-12-22-15-10-8-14(9-11-15)17-19-16(13-23-17)18(20)21-4-2/h8-11,13H,3-7,12H2,1-2H3. The zero-order valence-corrected chi connectivity index (χ0v) is 14.5. The van der Waals surface area contributed by atoms with Crippen molar-refractivity contribution in [3.8, 4) is 16.3 Å². The first kappa shape index (κ1) is 17.5. The average Bonchev–Trinajstić information content (AvgIpc) is 3.06. The van der Waals surface area contributed by atoms with Gasteiger partial charge >= 0.3 is 5.97 Å². The lowest BCUT2D eigenvalue weighted by Crippen LogP contribution is -2.04. The molecule has 0 fully saturated rings.